The lowest BCUT2D eigenvalue weighted by Gasteiger charge is -2.29. The summed E-state index contributed by atoms with van der Waals surface area (Å²) >= 11 is 0. The minimum Gasteiger partial charge on any atom is -0.472 e. The normalized spacial score (nSPS) is 20.2. The maximum atomic E-state index is 12.2. The van der Waals surface area contributed by atoms with E-state index in [2.05, 4.69) is 5.32 Å². The van der Waals surface area contributed by atoms with Crippen LogP contribution in [0.15, 0.2) is 23.0 Å². The zero-order chi connectivity index (χ0) is 12.1. The van der Waals surface area contributed by atoms with Crippen molar-refractivity contribution in [3.05, 3.63) is 24.2 Å². The van der Waals surface area contributed by atoms with Gasteiger partial charge in [-0.15, -0.1) is 0 Å². The predicted octanol–water partition coefficient (Wildman–Crippen LogP) is 1.74. The highest BCUT2D eigenvalue weighted by Crippen LogP contribution is 2.14. The topological polar surface area (TPSA) is 45.5 Å². The Kier molecular flexibility index (Phi) is 4.20. The van der Waals surface area contributed by atoms with Crippen molar-refractivity contribution in [2.24, 2.45) is 5.92 Å². The lowest BCUT2D eigenvalue weighted by molar-refractivity contribution is 0.0728. The van der Waals surface area contributed by atoms with Crippen LogP contribution in [0.4, 0.5) is 0 Å². The van der Waals surface area contributed by atoms with E-state index in [0.717, 1.165) is 26.2 Å². The first kappa shape index (κ1) is 12.2. The van der Waals surface area contributed by atoms with E-state index in [1.807, 2.05) is 11.8 Å². The van der Waals surface area contributed by atoms with Crippen molar-refractivity contribution < 1.29 is 9.21 Å². The van der Waals surface area contributed by atoms with E-state index in [9.17, 15) is 4.79 Å². The minimum absolute atomic E-state index is 0.0758. The van der Waals surface area contributed by atoms with Crippen molar-refractivity contribution in [1.82, 2.24) is 10.2 Å². The van der Waals surface area contributed by atoms with Gasteiger partial charge in [0.25, 0.3) is 5.91 Å². The van der Waals surface area contributed by atoms with E-state index in [1.54, 1.807) is 12.3 Å². The number of nitrogens with zero attached hydrogens (tertiary/aromatic N) is 1. The molecular weight excluding hydrogens is 216 g/mol. The number of amides is 1. The van der Waals surface area contributed by atoms with E-state index in [4.69, 9.17) is 4.42 Å². The fourth-order valence-corrected chi connectivity index (χ4v) is 2.32. The molecule has 1 N–H and O–H groups in total. The van der Waals surface area contributed by atoms with Gasteiger partial charge in [0.15, 0.2) is 0 Å². The van der Waals surface area contributed by atoms with E-state index < -0.39 is 0 Å². The van der Waals surface area contributed by atoms with Crippen LogP contribution in [0.3, 0.4) is 0 Å². The third-order valence-electron chi connectivity index (χ3n) is 3.31. The average Bonchev–Trinajstić information content (AvgIpc) is 2.90. The maximum Gasteiger partial charge on any atom is 0.257 e. The molecule has 1 aliphatic rings. The highest BCUT2D eigenvalue weighted by molar-refractivity contribution is 5.93. The molecule has 0 radical (unpaired) electrons. The van der Waals surface area contributed by atoms with Crippen LogP contribution in [-0.2, 0) is 0 Å². The number of hydrogen-bond donors (Lipinski definition) is 1. The van der Waals surface area contributed by atoms with Crippen molar-refractivity contribution in [2.45, 2.75) is 19.8 Å². The molecule has 1 aromatic heterocycles. The third kappa shape index (κ3) is 3.09. The van der Waals surface area contributed by atoms with Gasteiger partial charge in [-0.2, -0.15) is 0 Å². The second-order valence-electron chi connectivity index (χ2n) is 4.57. The maximum absolute atomic E-state index is 12.2. The van der Waals surface area contributed by atoms with Crippen LogP contribution in [0.25, 0.3) is 0 Å². The second kappa shape index (κ2) is 5.87. The van der Waals surface area contributed by atoms with Crippen molar-refractivity contribution in [2.75, 3.05) is 26.2 Å². The van der Waals surface area contributed by atoms with Gasteiger partial charge in [-0.25, -0.2) is 0 Å². The van der Waals surface area contributed by atoms with Gasteiger partial charge in [0.05, 0.1) is 11.8 Å². The van der Waals surface area contributed by atoms with Crippen LogP contribution in [0.2, 0.25) is 0 Å². The Labute approximate surface area is 102 Å². The standard InChI is InChI=1S/C13H20N2O2/c1-2-15(9-11-4-3-6-14-8-11)13(16)12-5-7-17-10-12/h5,7,10-11,14H,2-4,6,8-9H2,1H3. The first-order valence-corrected chi connectivity index (χ1v) is 6.33. The molecule has 94 valence electrons. The van der Waals surface area contributed by atoms with Crippen LogP contribution in [-0.4, -0.2) is 37.0 Å². The number of furan rings is 1. The molecule has 1 saturated heterocycles. The van der Waals surface area contributed by atoms with Gasteiger partial charge >= 0.3 is 0 Å². The first-order valence-electron chi connectivity index (χ1n) is 6.33. The largest absolute Gasteiger partial charge is 0.472 e. The summed E-state index contributed by atoms with van der Waals surface area (Å²) in [6, 6.07) is 1.73. The fourth-order valence-electron chi connectivity index (χ4n) is 2.32. The zero-order valence-electron chi connectivity index (χ0n) is 10.3. The van der Waals surface area contributed by atoms with Crippen molar-refractivity contribution in [3.63, 3.8) is 0 Å². The summed E-state index contributed by atoms with van der Waals surface area (Å²) in [5.41, 5.74) is 0.649. The number of piperidine rings is 1. The van der Waals surface area contributed by atoms with E-state index in [1.165, 1.54) is 19.1 Å². The summed E-state index contributed by atoms with van der Waals surface area (Å²) in [6.07, 6.45) is 5.48. The Bertz CT molecular complexity index is 342. The smallest absolute Gasteiger partial charge is 0.257 e. The molecule has 1 aliphatic heterocycles. The molecule has 0 bridgehead atoms. The Hall–Kier alpha value is -1.29. The lowest BCUT2D eigenvalue weighted by Crippen LogP contribution is -2.40. The van der Waals surface area contributed by atoms with E-state index in [-0.39, 0.29) is 5.91 Å². The number of carbonyl (C=O) groups is 1. The van der Waals surface area contributed by atoms with Gasteiger partial charge in [0.1, 0.15) is 6.26 Å². The highest BCUT2D eigenvalue weighted by atomic mass is 16.3. The molecule has 1 aromatic rings. The third-order valence-corrected chi connectivity index (χ3v) is 3.31. The number of hydrogen-bond acceptors (Lipinski definition) is 3. The first-order chi connectivity index (χ1) is 8.31. The predicted molar refractivity (Wildman–Crippen MR) is 65.9 cm³/mol. The molecule has 4 heteroatoms. The average molecular weight is 236 g/mol. The van der Waals surface area contributed by atoms with Gasteiger partial charge in [0.2, 0.25) is 0 Å². The van der Waals surface area contributed by atoms with Crippen LogP contribution in [0, 0.1) is 5.92 Å². The van der Waals surface area contributed by atoms with Crippen molar-refractivity contribution >= 4 is 5.91 Å². The molecule has 17 heavy (non-hydrogen) atoms. The Morgan fingerprint density at radius 2 is 2.53 bits per heavy atom. The highest BCUT2D eigenvalue weighted by Gasteiger charge is 2.21. The molecule has 0 aliphatic carbocycles. The Morgan fingerprint density at radius 1 is 1.65 bits per heavy atom. The summed E-state index contributed by atoms with van der Waals surface area (Å²) in [6.45, 7) is 5.75. The monoisotopic (exact) mass is 236 g/mol. The second-order valence-corrected chi connectivity index (χ2v) is 4.57. The van der Waals surface area contributed by atoms with Crippen LogP contribution in [0.5, 0.6) is 0 Å². The van der Waals surface area contributed by atoms with E-state index in [0.29, 0.717) is 11.5 Å². The molecule has 1 atom stereocenters. The number of nitrogens with one attached hydrogen (secondary N) is 1. The molecule has 0 spiro atoms. The quantitative estimate of drug-likeness (QED) is 0.866. The summed E-state index contributed by atoms with van der Waals surface area (Å²) in [5.74, 6) is 0.659. The van der Waals surface area contributed by atoms with Crippen LogP contribution >= 0.6 is 0 Å². The molecule has 1 unspecified atom stereocenters. The molecule has 1 fully saturated rings. The summed E-state index contributed by atoms with van der Waals surface area (Å²) in [5, 5.41) is 3.38. The van der Waals surface area contributed by atoms with Crippen LogP contribution in [0.1, 0.15) is 30.1 Å². The minimum atomic E-state index is 0.0758. The zero-order valence-corrected chi connectivity index (χ0v) is 10.3. The molecule has 2 rings (SSSR count). The number of rotatable bonds is 4. The van der Waals surface area contributed by atoms with Gasteiger partial charge < -0.3 is 14.6 Å². The van der Waals surface area contributed by atoms with E-state index >= 15 is 0 Å². The van der Waals surface area contributed by atoms with Gasteiger partial charge in [-0.1, -0.05) is 0 Å². The molecule has 4 nitrogen and oxygen atoms in total. The summed E-state index contributed by atoms with van der Waals surface area (Å²) in [7, 11) is 0. The fraction of sp³-hybridized carbons (Fsp3) is 0.615. The SMILES string of the molecule is CCN(CC1CCCNC1)C(=O)c1ccoc1. The van der Waals surface area contributed by atoms with Crippen molar-refractivity contribution in [3.8, 4) is 0 Å². The van der Waals surface area contributed by atoms with Gasteiger partial charge in [-0.05, 0) is 44.8 Å². The van der Waals surface area contributed by atoms with Crippen LogP contribution < -0.4 is 5.32 Å². The van der Waals surface area contributed by atoms with Crippen molar-refractivity contribution in [1.29, 1.82) is 0 Å². The van der Waals surface area contributed by atoms with Gasteiger partial charge in [-0.3, -0.25) is 4.79 Å². The molecule has 0 saturated carbocycles. The lowest BCUT2D eigenvalue weighted by atomic mass is 9.99. The van der Waals surface area contributed by atoms with Gasteiger partial charge in [0, 0.05) is 13.1 Å². The Morgan fingerprint density at radius 3 is 3.12 bits per heavy atom. The summed E-state index contributed by atoms with van der Waals surface area (Å²) < 4.78 is 4.96. The number of carbonyl (C=O) groups excluding carboxylic acids is 1. The molecule has 0 aromatic carbocycles. The summed E-state index contributed by atoms with van der Waals surface area (Å²) in [4.78, 5) is 14.1. The molecule has 1 amide bonds. The molecule has 2 heterocycles. The molecular formula is C13H20N2O2. The Balaban J connectivity index is 1.93.